The van der Waals surface area contributed by atoms with Crippen molar-refractivity contribution in [3.63, 3.8) is 0 Å². The summed E-state index contributed by atoms with van der Waals surface area (Å²) in [6, 6.07) is 1.18. The van der Waals surface area contributed by atoms with E-state index in [0.29, 0.717) is 0 Å². The summed E-state index contributed by atoms with van der Waals surface area (Å²) in [5.74, 6) is -1.02. The second-order valence-electron chi connectivity index (χ2n) is 2.96. The first kappa shape index (κ1) is 12.6. The van der Waals surface area contributed by atoms with Gasteiger partial charge < -0.3 is 10.5 Å². The Labute approximate surface area is 95.4 Å². The highest BCUT2D eigenvalue weighted by Gasteiger charge is 2.20. The van der Waals surface area contributed by atoms with Crippen molar-refractivity contribution in [1.29, 1.82) is 0 Å². The molecule has 0 saturated carbocycles. The molecule has 7 heteroatoms. The molecule has 16 heavy (non-hydrogen) atoms. The summed E-state index contributed by atoms with van der Waals surface area (Å²) < 4.78 is 29.7. The van der Waals surface area contributed by atoms with Gasteiger partial charge >= 0.3 is 5.97 Å². The van der Waals surface area contributed by atoms with Crippen LogP contribution in [0.5, 0.6) is 0 Å². The minimum absolute atomic E-state index is 0.0272. The Kier molecular flexibility index (Phi) is 4.00. The quantitative estimate of drug-likeness (QED) is 0.658. The van der Waals surface area contributed by atoms with Gasteiger partial charge in [0.25, 0.3) is 6.43 Å². The number of nitrogens with zero attached hydrogens (tertiary/aromatic N) is 1. The van der Waals surface area contributed by atoms with Crippen LogP contribution >= 0.6 is 11.6 Å². The van der Waals surface area contributed by atoms with Gasteiger partial charge in [0.15, 0.2) is 0 Å². The van der Waals surface area contributed by atoms with E-state index < -0.39 is 18.0 Å². The third-order valence-electron chi connectivity index (χ3n) is 1.92. The number of carbonyl (C=O) groups excluding carboxylic acids is 1. The highest BCUT2D eigenvalue weighted by atomic mass is 35.5. The van der Waals surface area contributed by atoms with Crippen molar-refractivity contribution in [3.8, 4) is 0 Å². The molecule has 0 aliphatic heterocycles. The fourth-order valence-corrected chi connectivity index (χ4v) is 1.44. The molecular weight excluding hydrogens is 242 g/mol. The number of nitrogens with two attached hydrogens (primary N) is 1. The van der Waals surface area contributed by atoms with E-state index in [4.69, 9.17) is 17.3 Å². The third kappa shape index (κ3) is 2.79. The van der Waals surface area contributed by atoms with Gasteiger partial charge in [-0.05, 0) is 11.6 Å². The molecule has 1 rings (SSSR count). The summed E-state index contributed by atoms with van der Waals surface area (Å²) in [5, 5.41) is -0.0409. The number of anilines is 1. The molecule has 4 nitrogen and oxygen atoms in total. The topological polar surface area (TPSA) is 65.2 Å². The molecule has 0 aliphatic carbocycles. The molecule has 0 atom stereocenters. The fraction of sp³-hybridized carbons (Fsp3) is 0.333. The summed E-state index contributed by atoms with van der Waals surface area (Å²) >= 11 is 5.57. The van der Waals surface area contributed by atoms with Gasteiger partial charge in [0.1, 0.15) is 11.0 Å². The monoisotopic (exact) mass is 250 g/mol. The second-order valence-corrected chi connectivity index (χ2v) is 3.34. The molecule has 2 N–H and O–H groups in total. The number of halogens is 3. The van der Waals surface area contributed by atoms with Crippen LogP contribution in [0.4, 0.5) is 14.6 Å². The van der Waals surface area contributed by atoms with Crippen molar-refractivity contribution in [3.05, 3.63) is 22.3 Å². The van der Waals surface area contributed by atoms with Gasteiger partial charge in [0, 0.05) is 0 Å². The summed E-state index contributed by atoms with van der Waals surface area (Å²) in [4.78, 5) is 14.5. The lowest BCUT2D eigenvalue weighted by atomic mass is 10.1. The van der Waals surface area contributed by atoms with E-state index in [2.05, 4.69) is 9.72 Å². The van der Waals surface area contributed by atoms with E-state index >= 15 is 0 Å². The molecule has 88 valence electrons. The number of pyridine rings is 1. The number of methoxy groups -OCH3 is 1. The number of aromatic nitrogens is 1. The lowest BCUT2D eigenvalue weighted by Gasteiger charge is -2.10. The standard InChI is InChI=1S/C9H9ClF2N2O2/c1-16-6(15)3-4-2-5(10)14-9(13)7(4)8(11)12/h2,8H,3H2,1H3,(H2,13,14). The van der Waals surface area contributed by atoms with Crippen LogP contribution < -0.4 is 5.73 Å². The lowest BCUT2D eigenvalue weighted by molar-refractivity contribution is -0.139. The van der Waals surface area contributed by atoms with Gasteiger partial charge in [-0.25, -0.2) is 13.8 Å². The Morgan fingerprint density at radius 1 is 1.69 bits per heavy atom. The molecule has 0 aliphatic rings. The zero-order valence-electron chi connectivity index (χ0n) is 8.34. The number of alkyl halides is 2. The number of nitrogen functional groups attached to an aromatic ring is 1. The number of rotatable bonds is 3. The maximum absolute atomic E-state index is 12.7. The fourth-order valence-electron chi connectivity index (χ4n) is 1.22. The van der Waals surface area contributed by atoms with Crippen molar-refractivity contribution in [1.82, 2.24) is 4.98 Å². The van der Waals surface area contributed by atoms with Crippen LogP contribution in [0.25, 0.3) is 0 Å². The van der Waals surface area contributed by atoms with Crippen LogP contribution in [0, 0.1) is 0 Å². The zero-order valence-corrected chi connectivity index (χ0v) is 9.09. The number of ether oxygens (including phenoxy) is 1. The summed E-state index contributed by atoms with van der Waals surface area (Å²) in [6.07, 6.45) is -3.13. The van der Waals surface area contributed by atoms with E-state index in [0.717, 1.165) is 7.11 Å². The predicted molar refractivity (Wildman–Crippen MR) is 54.3 cm³/mol. The Bertz CT molecular complexity index is 413. The SMILES string of the molecule is COC(=O)Cc1cc(Cl)nc(N)c1C(F)F. The van der Waals surface area contributed by atoms with Gasteiger partial charge in [-0.3, -0.25) is 4.79 Å². The van der Waals surface area contributed by atoms with Crippen LogP contribution in [-0.4, -0.2) is 18.1 Å². The molecule has 0 spiro atoms. The lowest BCUT2D eigenvalue weighted by Crippen LogP contribution is -2.10. The van der Waals surface area contributed by atoms with Crippen molar-refractivity contribution in [2.24, 2.45) is 0 Å². The average molecular weight is 251 g/mol. The van der Waals surface area contributed by atoms with Gasteiger partial charge in [-0.2, -0.15) is 0 Å². The highest BCUT2D eigenvalue weighted by molar-refractivity contribution is 6.29. The number of carbonyl (C=O) groups is 1. The first-order chi connectivity index (χ1) is 7.45. The van der Waals surface area contributed by atoms with Gasteiger partial charge in [0.05, 0.1) is 19.1 Å². The van der Waals surface area contributed by atoms with E-state index in [-0.39, 0.29) is 23.0 Å². The predicted octanol–water partition coefficient (Wildman–Crippen LogP) is 1.97. The zero-order chi connectivity index (χ0) is 12.3. The molecule has 1 heterocycles. The highest BCUT2D eigenvalue weighted by Crippen LogP contribution is 2.29. The van der Waals surface area contributed by atoms with Crippen molar-refractivity contribution < 1.29 is 18.3 Å². The Morgan fingerprint density at radius 3 is 2.81 bits per heavy atom. The van der Waals surface area contributed by atoms with Gasteiger partial charge in [-0.1, -0.05) is 11.6 Å². The molecule has 0 saturated heterocycles. The van der Waals surface area contributed by atoms with Crippen LogP contribution in [-0.2, 0) is 16.0 Å². The first-order valence-corrected chi connectivity index (χ1v) is 4.63. The second kappa shape index (κ2) is 5.07. The Balaban J connectivity index is 3.18. The van der Waals surface area contributed by atoms with Gasteiger partial charge in [0.2, 0.25) is 0 Å². The summed E-state index contributed by atoms with van der Waals surface area (Å²) in [6.45, 7) is 0. The van der Waals surface area contributed by atoms with Crippen LogP contribution in [0.15, 0.2) is 6.07 Å². The van der Waals surface area contributed by atoms with Crippen molar-refractivity contribution in [2.45, 2.75) is 12.8 Å². The maximum atomic E-state index is 12.7. The molecule has 0 aromatic carbocycles. The molecule has 0 unspecified atom stereocenters. The molecule has 0 fully saturated rings. The molecule has 0 bridgehead atoms. The molecular formula is C9H9ClF2N2O2. The first-order valence-electron chi connectivity index (χ1n) is 4.25. The summed E-state index contributed by atoms with van der Waals surface area (Å²) in [5.41, 5.74) is 4.86. The van der Waals surface area contributed by atoms with E-state index in [1.165, 1.54) is 6.07 Å². The van der Waals surface area contributed by atoms with Crippen LogP contribution in [0.2, 0.25) is 5.15 Å². The Morgan fingerprint density at radius 2 is 2.31 bits per heavy atom. The average Bonchev–Trinajstić information content (AvgIpc) is 2.15. The largest absolute Gasteiger partial charge is 0.469 e. The van der Waals surface area contributed by atoms with Crippen LogP contribution in [0.1, 0.15) is 17.6 Å². The van der Waals surface area contributed by atoms with E-state index in [1.807, 2.05) is 0 Å². The number of esters is 1. The molecule has 0 radical (unpaired) electrons. The minimum atomic E-state index is -2.82. The Hall–Kier alpha value is -1.43. The third-order valence-corrected chi connectivity index (χ3v) is 2.12. The minimum Gasteiger partial charge on any atom is -0.469 e. The van der Waals surface area contributed by atoms with Crippen LogP contribution in [0.3, 0.4) is 0 Å². The number of hydrogen-bond acceptors (Lipinski definition) is 4. The molecule has 1 aromatic heterocycles. The maximum Gasteiger partial charge on any atom is 0.309 e. The van der Waals surface area contributed by atoms with Crippen molar-refractivity contribution in [2.75, 3.05) is 12.8 Å². The van der Waals surface area contributed by atoms with E-state index in [1.54, 1.807) is 0 Å². The smallest absolute Gasteiger partial charge is 0.309 e. The molecule has 0 amide bonds. The number of hydrogen-bond donors (Lipinski definition) is 1. The molecule has 1 aromatic rings. The van der Waals surface area contributed by atoms with Gasteiger partial charge in [-0.15, -0.1) is 0 Å². The van der Waals surface area contributed by atoms with E-state index in [9.17, 15) is 13.6 Å². The van der Waals surface area contributed by atoms with Crippen molar-refractivity contribution >= 4 is 23.4 Å². The normalized spacial score (nSPS) is 10.6. The summed E-state index contributed by atoms with van der Waals surface area (Å²) in [7, 11) is 1.16.